The molecule has 0 radical (unpaired) electrons. The zero-order valence-electron chi connectivity index (χ0n) is 11.9. The van der Waals surface area contributed by atoms with Gasteiger partial charge in [-0.3, -0.25) is 0 Å². The summed E-state index contributed by atoms with van der Waals surface area (Å²) in [6, 6.07) is 6.63. The van der Waals surface area contributed by atoms with E-state index in [-0.39, 0.29) is 0 Å². The van der Waals surface area contributed by atoms with Crippen molar-refractivity contribution in [1.82, 2.24) is 0 Å². The molecule has 0 saturated heterocycles. The SMILES string of the molecule is Cc1c(I)c(I)c(I)c2c1Nc1c(cccc1C(C)C)S2. The van der Waals surface area contributed by atoms with Gasteiger partial charge in [-0.15, -0.1) is 0 Å². The molecular formula is C16H14I3NS. The van der Waals surface area contributed by atoms with Crippen LogP contribution in [0.3, 0.4) is 0 Å². The van der Waals surface area contributed by atoms with Crippen molar-refractivity contribution in [3.05, 3.63) is 40.0 Å². The molecule has 0 aliphatic carbocycles. The average Bonchev–Trinajstić information content (AvgIpc) is 2.48. The Morgan fingerprint density at radius 1 is 1.00 bits per heavy atom. The third kappa shape index (κ3) is 2.84. The van der Waals surface area contributed by atoms with Crippen LogP contribution in [0.5, 0.6) is 0 Å². The van der Waals surface area contributed by atoms with Gasteiger partial charge in [0.25, 0.3) is 0 Å². The molecule has 1 heterocycles. The molecule has 2 aromatic carbocycles. The summed E-state index contributed by atoms with van der Waals surface area (Å²) in [5, 5.41) is 3.73. The van der Waals surface area contributed by atoms with Crippen LogP contribution >= 0.6 is 79.5 Å². The molecule has 0 atom stereocenters. The van der Waals surface area contributed by atoms with Crippen molar-refractivity contribution in [3.8, 4) is 0 Å². The number of nitrogens with one attached hydrogen (secondary N) is 1. The van der Waals surface area contributed by atoms with Gasteiger partial charge in [-0.05, 0) is 97.8 Å². The first-order valence-electron chi connectivity index (χ1n) is 6.66. The monoisotopic (exact) mass is 633 g/mol. The van der Waals surface area contributed by atoms with Crippen molar-refractivity contribution in [1.29, 1.82) is 0 Å². The number of anilines is 2. The van der Waals surface area contributed by atoms with Gasteiger partial charge in [0, 0.05) is 15.6 Å². The first-order valence-corrected chi connectivity index (χ1v) is 10.7. The van der Waals surface area contributed by atoms with Gasteiger partial charge in [0.1, 0.15) is 0 Å². The summed E-state index contributed by atoms with van der Waals surface area (Å²) >= 11 is 9.30. The number of hydrogen-bond acceptors (Lipinski definition) is 2. The third-order valence-corrected chi connectivity index (χ3v) is 10.8. The highest BCUT2D eigenvalue weighted by Crippen LogP contribution is 2.51. The summed E-state index contributed by atoms with van der Waals surface area (Å²) in [5.74, 6) is 0.525. The summed E-state index contributed by atoms with van der Waals surface area (Å²) in [6.45, 7) is 6.73. The van der Waals surface area contributed by atoms with Crippen molar-refractivity contribution in [3.63, 3.8) is 0 Å². The summed E-state index contributed by atoms with van der Waals surface area (Å²) in [7, 11) is 0. The van der Waals surface area contributed by atoms with Crippen LogP contribution in [0, 0.1) is 17.6 Å². The number of benzene rings is 2. The Morgan fingerprint density at radius 2 is 1.71 bits per heavy atom. The second-order valence-electron chi connectivity index (χ2n) is 5.37. The first kappa shape index (κ1) is 16.6. The summed E-state index contributed by atoms with van der Waals surface area (Å²) in [6.07, 6.45) is 0. The van der Waals surface area contributed by atoms with Crippen LogP contribution in [0.4, 0.5) is 11.4 Å². The van der Waals surface area contributed by atoms with Gasteiger partial charge in [-0.25, -0.2) is 0 Å². The van der Waals surface area contributed by atoms with Crippen LogP contribution in [-0.4, -0.2) is 0 Å². The Morgan fingerprint density at radius 3 is 2.38 bits per heavy atom. The molecule has 110 valence electrons. The maximum Gasteiger partial charge on any atom is 0.0578 e. The minimum atomic E-state index is 0.525. The topological polar surface area (TPSA) is 12.0 Å². The van der Waals surface area contributed by atoms with E-state index in [1.807, 2.05) is 11.8 Å². The fourth-order valence-corrected chi connectivity index (χ4v) is 6.40. The minimum absolute atomic E-state index is 0.525. The van der Waals surface area contributed by atoms with E-state index < -0.39 is 0 Å². The van der Waals surface area contributed by atoms with Crippen LogP contribution in [0.1, 0.15) is 30.9 Å². The standard InChI is InChI=1S/C16H14I3NS/c1-7(2)9-5-4-6-10-15(9)20-14-8(3)11(17)12(18)13(19)16(14)21-10/h4-7,20H,1-3H3. The fourth-order valence-electron chi connectivity index (χ4n) is 2.48. The molecule has 3 rings (SSSR count). The highest BCUT2D eigenvalue weighted by molar-refractivity contribution is 14.1. The zero-order valence-corrected chi connectivity index (χ0v) is 19.1. The second kappa shape index (κ2) is 6.35. The van der Waals surface area contributed by atoms with E-state index in [0.717, 1.165) is 0 Å². The van der Waals surface area contributed by atoms with Crippen LogP contribution < -0.4 is 5.32 Å². The van der Waals surface area contributed by atoms with E-state index in [4.69, 9.17) is 0 Å². The van der Waals surface area contributed by atoms with E-state index in [1.54, 1.807) is 0 Å². The number of rotatable bonds is 1. The van der Waals surface area contributed by atoms with Gasteiger partial charge in [-0.1, -0.05) is 37.7 Å². The van der Waals surface area contributed by atoms with E-state index in [9.17, 15) is 0 Å². The molecule has 0 unspecified atom stereocenters. The molecule has 0 bridgehead atoms. The van der Waals surface area contributed by atoms with Crippen LogP contribution in [0.2, 0.25) is 0 Å². The predicted octanol–water partition coefficient (Wildman–Crippen LogP) is 7.14. The lowest BCUT2D eigenvalue weighted by Gasteiger charge is -2.28. The molecule has 0 spiro atoms. The molecule has 2 aromatic rings. The van der Waals surface area contributed by atoms with Gasteiger partial charge in [0.05, 0.1) is 16.3 Å². The molecule has 5 heteroatoms. The van der Waals surface area contributed by atoms with Gasteiger partial charge in [-0.2, -0.15) is 0 Å². The quantitative estimate of drug-likeness (QED) is 0.226. The second-order valence-corrected chi connectivity index (χ2v) is 9.66. The molecule has 0 fully saturated rings. The molecule has 21 heavy (non-hydrogen) atoms. The fraction of sp³-hybridized carbons (Fsp3) is 0.250. The van der Waals surface area contributed by atoms with Crippen molar-refractivity contribution >= 4 is 90.9 Å². The molecule has 1 aliphatic heterocycles. The summed E-state index contributed by atoms with van der Waals surface area (Å²) in [4.78, 5) is 2.70. The van der Waals surface area contributed by atoms with Crippen LogP contribution in [-0.2, 0) is 0 Å². The van der Waals surface area contributed by atoms with Crippen LogP contribution in [0.15, 0.2) is 28.0 Å². The van der Waals surface area contributed by atoms with Gasteiger partial charge in [0.2, 0.25) is 0 Å². The number of hydrogen-bond donors (Lipinski definition) is 1. The van der Waals surface area contributed by atoms with E-state index in [2.05, 4.69) is 112 Å². The van der Waals surface area contributed by atoms with Crippen molar-refractivity contribution in [2.45, 2.75) is 36.5 Å². The molecule has 0 saturated carbocycles. The molecule has 1 nitrogen and oxygen atoms in total. The van der Waals surface area contributed by atoms with E-state index in [0.29, 0.717) is 5.92 Å². The maximum atomic E-state index is 3.73. The first-order chi connectivity index (χ1) is 9.91. The maximum absolute atomic E-state index is 3.73. The highest BCUT2D eigenvalue weighted by Gasteiger charge is 2.25. The number of para-hydroxylation sites is 1. The Labute approximate surface area is 170 Å². The zero-order chi connectivity index (χ0) is 15.3. The largest absolute Gasteiger partial charge is 0.353 e. The highest BCUT2D eigenvalue weighted by atomic mass is 127. The third-order valence-electron chi connectivity index (χ3n) is 3.66. The molecule has 1 N–H and O–H groups in total. The van der Waals surface area contributed by atoms with Crippen molar-refractivity contribution in [2.75, 3.05) is 5.32 Å². The Kier molecular flexibility index (Phi) is 5.03. The molecule has 1 aliphatic rings. The van der Waals surface area contributed by atoms with Gasteiger partial charge in [0.15, 0.2) is 0 Å². The van der Waals surface area contributed by atoms with Crippen molar-refractivity contribution < 1.29 is 0 Å². The molecule has 0 amide bonds. The lowest BCUT2D eigenvalue weighted by molar-refractivity contribution is 0.864. The lowest BCUT2D eigenvalue weighted by atomic mass is 10.0. The van der Waals surface area contributed by atoms with E-state index in [1.165, 1.54) is 43.0 Å². The van der Waals surface area contributed by atoms with Gasteiger partial charge < -0.3 is 5.32 Å². The Bertz CT molecular complexity index is 741. The van der Waals surface area contributed by atoms with Crippen LogP contribution in [0.25, 0.3) is 0 Å². The lowest BCUT2D eigenvalue weighted by Crippen LogP contribution is -2.09. The van der Waals surface area contributed by atoms with E-state index >= 15 is 0 Å². The predicted molar refractivity (Wildman–Crippen MR) is 117 cm³/mol. The molecule has 0 aromatic heterocycles. The summed E-state index contributed by atoms with van der Waals surface area (Å²) < 4.78 is 4.08. The summed E-state index contributed by atoms with van der Waals surface area (Å²) in [5.41, 5.74) is 5.33. The van der Waals surface area contributed by atoms with Gasteiger partial charge >= 0.3 is 0 Å². The number of fused-ring (bicyclic) bond motifs is 2. The minimum Gasteiger partial charge on any atom is -0.353 e. The number of halogens is 3. The molecular weight excluding hydrogens is 619 g/mol. The Balaban J connectivity index is 2.22. The normalized spacial score (nSPS) is 12.9. The smallest absolute Gasteiger partial charge is 0.0578 e. The average molecular weight is 633 g/mol. The van der Waals surface area contributed by atoms with Crippen molar-refractivity contribution in [2.24, 2.45) is 0 Å². The Hall–Kier alpha value is 0.780.